The highest BCUT2D eigenvalue weighted by atomic mass is 16.6. The van der Waals surface area contributed by atoms with E-state index in [-0.39, 0.29) is 6.42 Å². The minimum absolute atomic E-state index is 0.0837. The second-order valence-electron chi connectivity index (χ2n) is 5.26. The van der Waals surface area contributed by atoms with E-state index in [9.17, 15) is 9.59 Å². The lowest BCUT2D eigenvalue weighted by Gasteiger charge is -2.27. The molecule has 98 valence electrons. The molecule has 0 bridgehead atoms. The van der Waals surface area contributed by atoms with E-state index < -0.39 is 23.1 Å². The van der Waals surface area contributed by atoms with Crippen LogP contribution in [0.5, 0.6) is 0 Å². The minimum Gasteiger partial charge on any atom is -0.479 e. The first-order valence-corrected chi connectivity index (χ1v) is 5.38. The summed E-state index contributed by atoms with van der Waals surface area (Å²) in [6.07, 6.45) is 1.53. The van der Waals surface area contributed by atoms with Gasteiger partial charge in [0.05, 0.1) is 0 Å². The van der Waals surface area contributed by atoms with Gasteiger partial charge in [0.25, 0.3) is 0 Å². The van der Waals surface area contributed by atoms with Crippen LogP contribution in [0.15, 0.2) is 11.6 Å². The monoisotopic (exact) mass is 243 g/mol. The third-order valence-electron chi connectivity index (χ3n) is 1.98. The molecule has 0 aliphatic heterocycles. The van der Waals surface area contributed by atoms with Crippen LogP contribution in [0.2, 0.25) is 0 Å². The summed E-state index contributed by atoms with van der Waals surface area (Å²) < 4.78 is 5.02. The number of hydrogen-bond acceptors (Lipinski definition) is 4. The van der Waals surface area contributed by atoms with E-state index in [1.54, 1.807) is 40.7 Å². The fourth-order valence-electron chi connectivity index (χ4n) is 0.992. The van der Waals surface area contributed by atoms with E-state index in [1.807, 2.05) is 0 Å². The normalized spacial score (nSPS) is 14.7. The number of esters is 1. The Balaban J connectivity index is 5.02. The highest BCUT2D eigenvalue weighted by molar-refractivity contribution is 6.04. The number of ether oxygens (including phenoxy) is 1. The van der Waals surface area contributed by atoms with Gasteiger partial charge in [0.15, 0.2) is 0 Å². The SMILES string of the molecule is CC(C)=CC[C@](N)(C(=O)O)C(=O)OC(C)(C)C. The number of nitrogens with two attached hydrogens (primary N) is 1. The quantitative estimate of drug-likeness (QED) is 0.443. The van der Waals surface area contributed by atoms with Crippen molar-refractivity contribution in [3.8, 4) is 0 Å². The topological polar surface area (TPSA) is 89.6 Å². The maximum atomic E-state index is 11.8. The van der Waals surface area contributed by atoms with Crippen LogP contribution in [0.1, 0.15) is 41.0 Å². The zero-order chi connectivity index (χ0) is 13.9. The Labute approximate surface area is 102 Å². The zero-order valence-corrected chi connectivity index (χ0v) is 11.0. The summed E-state index contributed by atoms with van der Waals surface area (Å²) in [5.74, 6) is -2.31. The van der Waals surface area contributed by atoms with Crippen molar-refractivity contribution in [2.24, 2.45) is 5.73 Å². The molecule has 0 aliphatic rings. The van der Waals surface area contributed by atoms with E-state index >= 15 is 0 Å². The van der Waals surface area contributed by atoms with Crippen molar-refractivity contribution in [3.05, 3.63) is 11.6 Å². The molecule has 1 atom stereocenters. The molecule has 0 radical (unpaired) electrons. The molecule has 3 N–H and O–H groups in total. The Morgan fingerprint density at radius 3 is 2.06 bits per heavy atom. The number of carbonyl (C=O) groups is 2. The van der Waals surface area contributed by atoms with Gasteiger partial charge in [-0.25, -0.2) is 9.59 Å². The Morgan fingerprint density at radius 1 is 1.29 bits per heavy atom. The van der Waals surface area contributed by atoms with Crippen molar-refractivity contribution in [1.29, 1.82) is 0 Å². The first-order valence-electron chi connectivity index (χ1n) is 5.38. The van der Waals surface area contributed by atoms with Gasteiger partial charge >= 0.3 is 11.9 Å². The predicted molar refractivity (Wildman–Crippen MR) is 64.4 cm³/mol. The molecule has 0 aromatic heterocycles. The van der Waals surface area contributed by atoms with Crippen LogP contribution in [0.3, 0.4) is 0 Å². The lowest BCUT2D eigenvalue weighted by Crippen LogP contribution is -2.56. The van der Waals surface area contributed by atoms with Crippen molar-refractivity contribution in [2.45, 2.75) is 52.2 Å². The molecule has 0 unspecified atom stereocenters. The number of carboxylic acid groups (broad SMARTS) is 1. The third-order valence-corrected chi connectivity index (χ3v) is 1.98. The number of aliphatic carboxylic acids is 1. The van der Waals surface area contributed by atoms with Crippen molar-refractivity contribution < 1.29 is 19.4 Å². The van der Waals surface area contributed by atoms with Crippen LogP contribution >= 0.6 is 0 Å². The Bertz CT molecular complexity index is 337. The molecule has 0 rings (SSSR count). The van der Waals surface area contributed by atoms with Crippen LogP contribution in [-0.4, -0.2) is 28.2 Å². The minimum atomic E-state index is -2.02. The molecule has 5 heteroatoms. The molecule has 0 amide bonds. The largest absolute Gasteiger partial charge is 0.479 e. The van der Waals surface area contributed by atoms with E-state index in [0.717, 1.165) is 5.57 Å². The number of allylic oxidation sites excluding steroid dienone is 1. The Hall–Kier alpha value is -1.36. The highest BCUT2D eigenvalue weighted by Crippen LogP contribution is 2.17. The maximum absolute atomic E-state index is 11.8. The second-order valence-corrected chi connectivity index (χ2v) is 5.26. The fraction of sp³-hybridized carbons (Fsp3) is 0.667. The molecule has 17 heavy (non-hydrogen) atoms. The molecule has 0 aromatic carbocycles. The summed E-state index contributed by atoms with van der Waals surface area (Å²) in [4.78, 5) is 22.9. The first-order chi connectivity index (χ1) is 7.49. The number of hydrogen-bond donors (Lipinski definition) is 2. The summed E-state index contributed by atoms with van der Waals surface area (Å²) in [6.45, 7) is 8.59. The highest BCUT2D eigenvalue weighted by Gasteiger charge is 2.44. The maximum Gasteiger partial charge on any atom is 0.338 e. The second kappa shape index (κ2) is 5.31. The van der Waals surface area contributed by atoms with Gasteiger partial charge in [-0.1, -0.05) is 11.6 Å². The summed E-state index contributed by atoms with van der Waals surface area (Å²) >= 11 is 0. The standard InChI is InChI=1S/C12H21NO4/c1-8(2)6-7-12(13,9(14)15)10(16)17-11(3,4)5/h6H,7,13H2,1-5H3,(H,14,15)/t12-/m0/s1. The van der Waals surface area contributed by atoms with Crippen molar-refractivity contribution >= 4 is 11.9 Å². The molecular formula is C12H21NO4. The summed E-state index contributed by atoms with van der Waals surface area (Å²) in [5, 5.41) is 9.06. The van der Waals surface area contributed by atoms with Gasteiger partial charge < -0.3 is 15.6 Å². The predicted octanol–water partition coefficient (Wildman–Crippen LogP) is 1.47. The Morgan fingerprint density at radius 2 is 1.76 bits per heavy atom. The van der Waals surface area contributed by atoms with Crippen LogP contribution in [0.25, 0.3) is 0 Å². The van der Waals surface area contributed by atoms with E-state index in [2.05, 4.69) is 0 Å². The first kappa shape index (κ1) is 15.6. The fourth-order valence-corrected chi connectivity index (χ4v) is 0.992. The van der Waals surface area contributed by atoms with Gasteiger partial charge in [-0.05, 0) is 34.6 Å². The summed E-state index contributed by atoms with van der Waals surface area (Å²) in [7, 11) is 0. The number of carboxylic acids is 1. The van der Waals surface area contributed by atoms with Gasteiger partial charge in [-0.15, -0.1) is 0 Å². The summed E-state index contributed by atoms with van der Waals surface area (Å²) in [6, 6.07) is 0. The lowest BCUT2D eigenvalue weighted by molar-refractivity contribution is -0.168. The van der Waals surface area contributed by atoms with Crippen molar-refractivity contribution in [1.82, 2.24) is 0 Å². The Kier molecular flexibility index (Phi) is 4.89. The van der Waals surface area contributed by atoms with Crippen LogP contribution in [0.4, 0.5) is 0 Å². The van der Waals surface area contributed by atoms with E-state index in [0.29, 0.717) is 0 Å². The molecule has 0 saturated carbocycles. The molecule has 0 saturated heterocycles. The molecule has 0 spiro atoms. The van der Waals surface area contributed by atoms with Crippen LogP contribution in [-0.2, 0) is 14.3 Å². The molecule has 5 nitrogen and oxygen atoms in total. The summed E-state index contributed by atoms with van der Waals surface area (Å²) in [5.41, 5.74) is 3.73. The van der Waals surface area contributed by atoms with Crippen molar-refractivity contribution in [3.63, 3.8) is 0 Å². The van der Waals surface area contributed by atoms with E-state index in [1.165, 1.54) is 0 Å². The number of rotatable bonds is 4. The van der Waals surface area contributed by atoms with Gasteiger partial charge in [-0.3, -0.25) is 0 Å². The molecule has 0 aromatic rings. The zero-order valence-electron chi connectivity index (χ0n) is 11.0. The molecular weight excluding hydrogens is 222 g/mol. The van der Waals surface area contributed by atoms with Crippen LogP contribution < -0.4 is 5.73 Å². The van der Waals surface area contributed by atoms with Gasteiger partial charge in [0.2, 0.25) is 5.54 Å². The van der Waals surface area contributed by atoms with E-state index in [4.69, 9.17) is 15.6 Å². The average Bonchev–Trinajstić information content (AvgIpc) is 2.10. The number of carbonyl (C=O) groups excluding carboxylic acids is 1. The molecule has 0 fully saturated rings. The average molecular weight is 243 g/mol. The third kappa shape index (κ3) is 4.99. The smallest absolute Gasteiger partial charge is 0.338 e. The van der Waals surface area contributed by atoms with Gasteiger partial charge in [0, 0.05) is 6.42 Å². The molecule has 0 heterocycles. The van der Waals surface area contributed by atoms with Crippen LogP contribution in [0, 0.1) is 0 Å². The molecule has 0 aliphatic carbocycles. The van der Waals surface area contributed by atoms with Gasteiger partial charge in [-0.2, -0.15) is 0 Å². The lowest BCUT2D eigenvalue weighted by atomic mass is 9.95. The van der Waals surface area contributed by atoms with Crippen molar-refractivity contribution in [2.75, 3.05) is 0 Å². The van der Waals surface area contributed by atoms with Gasteiger partial charge in [0.1, 0.15) is 5.60 Å².